The molecular weight excluding hydrogens is 859 g/mol. The van der Waals surface area contributed by atoms with Gasteiger partial charge in [-0.25, -0.2) is 0 Å². The summed E-state index contributed by atoms with van der Waals surface area (Å²) in [6.45, 7) is 0. The van der Waals surface area contributed by atoms with Crippen molar-refractivity contribution >= 4 is 146 Å². The van der Waals surface area contributed by atoms with E-state index in [1.807, 2.05) is 34.0 Å². The van der Waals surface area contributed by atoms with Gasteiger partial charge in [0.15, 0.2) is 0 Å². The predicted molar refractivity (Wildman–Crippen MR) is 289 cm³/mol. The summed E-state index contributed by atoms with van der Waals surface area (Å²) in [5, 5.41) is 7.66. The van der Waals surface area contributed by atoms with E-state index in [4.69, 9.17) is 0 Å². The number of hydrogen-bond acceptors (Lipinski definition) is 6. The van der Waals surface area contributed by atoms with Gasteiger partial charge in [-0.3, -0.25) is 0 Å². The Labute approximate surface area is 394 Å². The summed E-state index contributed by atoms with van der Waals surface area (Å²) < 4.78 is 7.76. The van der Waals surface area contributed by atoms with Crippen LogP contribution >= 0.6 is 34.0 Å². The van der Waals surface area contributed by atoms with Crippen LogP contribution in [-0.2, 0) is 0 Å². The molecule has 3 heterocycles. The van der Waals surface area contributed by atoms with E-state index >= 15 is 0 Å². The summed E-state index contributed by atoms with van der Waals surface area (Å²) in [7, 11) is 0. The van der Waals surface area contributed by atoms with Crippen molar-refractivity contribution < 1.29 is 0 Å². The number of benzene rings is 10. The normalized spacial score (nSPS) is 11.6. The van der Waals surface area contributed by atoms with Crippen LogP contribution < -0.4 is 14.7 Å². The van der Waals surface area contributed by atoms with E-state index in [0.717, 1.165) is 51.2 Å². The summed E-state index contributed by atoms with van der Waals surface area (Å²) in [6, 6.07) is 86.5. The Morgan fingerprint density at radius 2 is 0.439 bits per heavy atom. The monoisotopic (exact) mass is 897 g/mol. The van der Waals surface area contributed by atoms with Crippen LogP contribution in [0.1, 0.15) is 0 Å². The highest BCUT2D eigenvalue weighted by Gasteiger charge is 2.22. The van der Waals surface area contributed by atoms with Gasteiger partial charge in [-0.2, -0.15) is 0 Å². The lowest BCUT2D eigenvalue weighted by Crippen LogP contribution is -2.14. The maximum absolute atomic E-state index is 2.43. The molecule has 0 atom stereocenters. The standard InChI is InChI=1S/C60H39N3S3/c1-3-15-40(16-4-1)61(46-29-32-58-52(37-46)49-23-7-10-26-55(49)64-58)42-19-13-21-44(35-42)63(48-31-34-60-54(39-48)51-25-9-12-28-57(51)66-60)45-22-14-20-43(36-45)62(41-17-5-2-6-18-41)47-30-33-59-53(38-47)50-24-8-11-27-56(50)65-59/h1-39H. The van der Waals surface area contributed by atoms with E-state index in [-0.39, 0.29) is 0 Å². The van der Waals surface area contributed by atoms with Crippen LogP contribution in [0.3, 0.4) is 0 Å². The fourth-order valence-corrected chi connectivity index (χ4v) is 12.9. The van der Waals surface area contributed by atoms with Crippen LogP contribution in [0.2, 0.25) is 0 Å². The molecule has 0 N–H and O–H groups in total. The second-order valence-electron chi connectivity index (χ2n) is 16.6. The summed E-state index contributed by atoms with van der Waals surface area (Å²) in [5.74, 6) is 0. The van der Waals surface area contributed by atoms with Crippen molar-refractivity contribution in [3.05, 3.63) is 237 Å². The molecule has 0 bridgehead atoms. The van der Waals surface area contributed by atoms with Crippen molar-refractivity contribution in [2.24, 2.45) is 0 Å². The fraction of sp³-hybridized carbons (Fsp3) is 0. The Hall–Kier alpha value is -7.74. The average molecular weight is 898 g/mol. The quantitative estimate of drug-likeness (QED) is 0.143. The molecule has 0 aliphatic heterocycles. The molecule has 6 heteroatoms. The number of anilines is 9. The first-order valence-electron chi connectivity index (χ1n) is 22.1. The number of nitrogens with zero attached hydrogens (tertiary/aromatic N) is 3. The van der Waals surface area contributed by atoms with Crippen molar-refractivity contribution in [1.29, 1.82) is 0 Å². The lowest BCUT2D eigenvalue weighted by molar-refractivity contribution is 1.24. The Morgan fingerprint density at radius 1 is 0.182 bits per heavy atom. The number of thiophene rings is 3. The maximum atomic E-state index is 2.43. The highest BCUT2D eigenvalue weighted by molar-refractivity contribution is 7.26. The fourth-order valence-electron chi connectivity index (χ4n) is 9.60. The predicted octanol–water partition coefficient (Wildman–Crippen LogP) is 19.2. The van der Waals surface area contributed by atoms with Crippen molar-refractivity contribution in [2.75, 3.05) is 14.7 Å². The lowest BCUT2D eigenvalue weighted by Gasteiger charge is -2.31. The zero-order valence-corrected chi connectivity index (χ0v) is 38.0. The first kappa shape index (κ1) is 38.7. The van der Waals surface area contributed by atoms with Crippen LogP contribution in [0.4, 0.5) is 51.2 Å². The van der Waals surface area contributed by atoms with E-state index < -0.39 is 0 Å². The van der Waals surface area contributed by atoms with Gasteiger partial charge < -0.3 is 14.7 Å². The highest BCUT2D eigenvalue weighted by atomic mass is 32.1. The minimum atomic E-state index is 1.06. The maximum Gasteiger partial charge on any atom is 0.0482 e. The van der Waals surface area contributed by atoms with Gasteiger partial charge in [0.05, 0.1) is 0 Å². The molecule has 0 radical (unpaired) electrons. The van der Waals surface area contributed by atoms with E-state index in [9.17, 15) is 0 Å². The number of hydrogen-bond donors (Lipinski definition) is 0. The van der Waals surface area contributed by atoms with Gasteiger partial charge in [0.25, 0.3) is 0 Å². The smallest absolute Gasteiger partial charge is 0.0482 e. The molecule has 13 rings (SSSR count). The first-order chi connectivity index (χ1) is 32.7. The molecule has 10 aromatic carbocycles. The van der Waals surface area contributed by atoms with Gasteiger partial charge in [-0.15, -0.1) is 34.0 Å². The van der Waals surface area contributed by atoms with Gasteiger partial charge in [0.1, 0.15) is 0 Å². The second-order valence-corrected chi connectivity index (χ2v) is 19.8. The Morgan fingerprint density at radius 3 is 0.788 bits per heavy atom. The Kier molecular flexibility index (Phi) is 9.41. The second kappa shape index (κ2) is 16.1. The number of fused-ring (bicyclic) bond motifs is 9. The highest BCUT2D eigenvalue weighted by Crippen LogP contribution is 2.47. The minimum absolute atomic E-state index is 1.06. The van der Waals surface area contributed by atoms with Crippen LogP contribution in [0.15, 0.2) is 237 Å². The molecule has 0 aliphatic rings. The first-order valence-corrected chi connectivity index (χ1v) is 24.6. The van der Waals surface area contributed by atoms with Gasteiger partial charge in [-0.1, -0.05) is 103 Å². The Balaban J connectivity index is 0.998. The van der Waals surface area contributed by atoms with Gasteiger partial charge in [0.2, 0.25) is 0 Å². The van der Waals surface area contributed by atoms with Gasteiger partial charge >= 0.3 is 0 Å². The van der Waals surface area contributed by atoms with E-state index in [2.05, 4.69) is 251 Å². The van der Waals surface area contributed by atoms with E-state index in [1.54, 1.807) is 0 Å². The van der Waals surface area contributed by atoms with Crippen molar-refractivity contribution in [1.82, 2.24) is 0 Å². The van der Waals surface area contributed by atoms with E-state index in [0.29, 0.717) is 0 Å². The van der Waals surface area contributed by atoms with Crippen molar-refractivity contribution in [2.45, 2.75) is 0 Å². The van der Waals surface area contributed by atoms with Crippen LogP contribution in [0.25, 0.3) is 60.5 Å². The molecule has 0 saturated carbocycles. The van der Waals surface area contributed by atoms with E-state index in [1.165, 1.54) is 60.5 Å². The third-order valence-corrected chi connectivity index (χ3v) is 16.0. The summed E-state index contributed by atoms with van der Waals surface area (Å²) in [4.78, 5) is 7.21. The summed E-state index contributed by atoms with van der Waals surface area (Å²) in [5.41, 5.74) is 9.78. The minimum Gasteiger partial charge on any atom is -0.310 e. The molecule has 3 nitrogen and oxygen atoms in total. The molecule has 66 heavy (non-hydrogen) atoms. The molecule has 0 aliphatic carbocycles. The summed E-state index contributed by atoms with van der Waals surface area (Å²) in [6.07, 6.45) is 0. The van der Waals surface area contributed by atoms with Crippen LogP contribution in [0, 0.1) is 0 Å². The van der Waals surface area contributed by atoms with Crippen molar-refractivity contribution in [3.8, 4) is 0 Å². The summed E-state index contributed by atoms with van der Waals surface area (Å²) >= 11 is 5.55. The number of para-hydroxylation sites is 2. The largest absolute Gasteiger partial charge is 0.310 e. The van der Waals surface area contributed by atoms with Crippen LogP contribution in [-0.4, -0.2) is 0 Å². The van der Waals surface area contributed by atoms with Crippen molar-refractivity contribution in [3.63, 3.8) is 0 Å². The average Bonchev–Trinajstić information content (AvgIpc) is 4.06. The molecule has 0 fully saturated rings. The SMILES string of the molecule is c1ccc(N(c2cccc(N(c3cccc(N(c4ccccc4)c4ccc5sc6ccccc6c5c4)c3)c3ccc4sc5ccccc5c4c3)c2)c2ccc3sc4ccccc4c3c2)cc1. The number of rotatable bonds is 9. The molecule has 3 aromatic heterocycles. The van der Waals surface area contributed by atoms with Gasteiger partial charge in [-0.05, 0) is 133 Å². The lowest BCUT2D eigenvalue weighted by atomic mass is 10.1. The molecule has 13 aromatic rings. The topological polar surface area (TPSA) is 9.72 Å². The molecule has 0 saturated heterocycles. The Bertz CT molecular complexity index is 3720. The molecule has 0 spiro atoms. The molecule has 312 valence electrons. The zero-order valence-electron chi connectivity index (χ0n) is 35.6. The zero-order chi connectivity index (χ0) is 43.6. The third kappa shape index (κ3) is 6.69. The third-order valence-electron chi connectivity index (χ3n) is 12.6. The van der Waals surface area contributed by atoms with Crippen LogP contribution in [0.5, 0.6) is 0 Å². The molecule has 0 unspecified atom stereocenters. The molecule has 0 amide bonds. The van der Waals surface area contributed by atoms with Gasteiger partial charge in [0, 0.05) is 112 Å². The molecular formula is C60H39N3S3.